The van der Waals surface area contributed by atoms with E-state index in [1.807, 2.05) is 9.80 Å². The number of quaternary nitrogens is 2. The quantitative estimate of drug-likeness (QED) is 0.764. The molecule has 0 amide bonds. The highest BCUT2D eigenvalue weighted by Gasteiger charge is 2.39. The zero-order valence-corrected chi connectivity index (χ0v) is 16.2. The molecule has 3 aliphatic carbocycles. The van der Waals surface area contributed by atoms with Gasteiger partial charge in [0, 0.05) is 5.92 Å². The molecule has 2 heteroatoms. The SMILES string of the molecule is C1=C[C@H]2C[C@@H]1C[C@@H]2C[NH+]1CC[NH+](C2CCC(c3ccccc3)CC2)CC1. The zero-order chi connectivity index (χ0) is 17.3. The minimum atomic E-state index is 0.824. The number of benzene rings is 1. The zero-order valence-electron chi connectivity index (χ0n) is 16.2. The Balaban J connectivity index is 1.07. The molecule has 0 aromatic heterocycles. The van der Waals surface area contributed by atoms with E-state index >= 15 is 0 Å². The molecule has 1 saturated heterocycles. The van der Waals surface area contributed by atoms with Crippen LogP contribution >= 0.6 is 0 Å². The molecule has 3 fully saturated rings. The predicted octanol–water partition coefficient (Wildman–Crippen LogP) is 1.71. The molecular formula is C24H36N2+2. The molecule has 2 saturated carbocycles. The van der Waals surface area contributed by atoms with E-state index in [1.165, 1.54) is 71.2 Å². The molecule has 1 heterocycles. The molecule has 1 aliphatic heterocycles. The lowest BCUT2D eigenvalue weighted by atomic mass is 9.81. The third-order valence-corrected chi connectivity index (χ3v) is 8.14. The molecule has 2 bridgehead atoms. The summed E-state index contributed by atoms with van der Waals surface area (Å²) in [6.07, 6.45) is 13.7. The number of hydrogen-bond acceptors (Lipinski definition) is 0. The number of piperazine rings is 1. The number of nitrogens with one attached hydrogen (secondary N) is 2. The van der Waals surface area contributed by atoms with Gasteiger partial charge < -0.3 is 9.80 Å². The van der Waals surface area contributed by atoms with Crippen LogP contribution in [0.2, 0.25) is 0 Å². The molecule has 0 spiro atoms. The first-order valence-electron chi connectivity index (χ1n) is 11.3. The van der Waals surface area contributed by atoms with Crippen molar-refractivity contribution in [3.05, 3.63) is 48.0 Å². The number of allylic oxidation sites excluding steroid dienone is 2. The van der Waals surface area contributed by atoms with Crippen molar-refractivity contribution in [2.45, 2.75) is 50.5 Å². The summed E-state index contributed by atoms with van der Waals surface area (Å²) in [6.45, 7) is 7.15. The minimum absolute atomic E-state index is 0.824. The second-order valence-corrected chi connectivity index (χ2v) is 9.61. The van der Waals surface area contributed by atoms with E-state index in [0.717, 1.165) is 29.7 Å². The molecule has 2 nitrogen and oxygen atoms in total. The highest BCUT2D eigenvalue weighted by molar-refractivity contribution is 5.19. The third-order valence-electron chi connectivity index (χ3n) is 8.14. The lowest BCUT2D eigenvalue weighted by Crippen LogP contribution is -3.29. The van der Waals surface area contributed by atoms with Gasteiger partial charge in [-0.15, -0.1) is 0 Å². The smallest absolute Gasteiger partial charge is 0.127 e. The number of hydrogen-bond donors (Lipinski definition) is 2. The summed E-state index contributed by atoms with van der Waals surface area (Å²) >= 11 is 0. The van der Waals surface area contributed by atoms with Gasteiger partial charge >= 0.3 is 0 Å². The summed E-state index contributed by atoms with van der Waals surface area (Å²) in [5.74, 6) is 3.70. The van der Waals surface area contributed by atoms with Gasteiger partial charge in [-0.25, -0.2) is 0 Å². The molecule has 0 unspecified atom stereocenters. The fourth-order valence-corrected chi connectivity index (χ4v) is 6.60. The van der Waals surface area contributed by atoms with Crippen LogP contribution in [0.15, 0.2) is 42.5 Å². The van der Waals surface area contributed by atoms with Crippen LogP contribution < -0.4 is 9.80 Å². The van der Waals surface area contributed by atoms with Gasteiger partial charge in [0.15, 0.2) is 0 Å². The summed E-state index contributed by atoms with van der Waals surface area (Å²) in [5, 5.41) is 0. The van der Waals surface area contributed by atoms with Gasteiger partial charge in [0.25, 0.3) is 0 Å². The van der Waals surface area contributed by atoms with E-state index in [2.05, 4.69) is 42.5 Å². The normalized spacial score (nSPS) is 42.2. The van der Waals surface area contributed by atoms with Crippen LogP contribution in [0.5, 0.6) is 0 Å². The van der Waals surface area contributed by atoms with Crippen molar-refractivity contribution in [1.82, 2.24) is 0 Å². The first kappa shape index (κ1) is 17.0. The van der Waals surface area contributed by atoms with Crippen molar-refractivity contribution < 1.29 is 9.80 Å². The molecule has 4 aliphatic rings. The molecule has 5 rings (SSSR count). The van der Waals surface area contributed by atoms with Crippen LogP contribution in [0.4, 0.5) is 0 Å². The van der Waals surface area contributed by atoms with E-state index in [9.17, 15) is 0 Å². The monoisotopic (exact) mass is 352 g/mol. The Bertz CT molecular complexity index is 608. The molecule has 140 valence electrons. The van der Waals surface area contributed by atoms with Gasteiger partial charge in [-0.2, -0.15) is 0 Å². The summed E-state index contributed by atoms with van der Waals surface area (Å²) in [5.41, 5.74) is 1.58. The Hall–Kier alpha value is -1.12. The Morgan fingerprint density at radius 1 is 0.808 bits per heavy atom. The van der Waals surface area contributed by atoms with Crippen molar-refractivity contribution in [3.8, 4) is 0 Å². The largest absolute Gasteiger partial charge is 0.325 e. The maximum Gasteiger partial charge on any atom is 0.127 e. The van der Waals surface area contributed by atoms with Gasteiger partial charge in [0.1, 0.15) is 26.2 Å². The molecule has 2 N–H and O–H groups in total. The van der Waals surface area contributed by atoms with Gasteiger partial charge in [0.2, 0.25) is 0 Å². The van der Waals surface area contributed by atoms with Crippen LogP contribution in [0, 0.1) is 17.8 Å². The van der Waals surface area contributed by atoms with Gasteiger partial charge in [-0.3, -0.25) is 0 Å². The van der Waals surface area contributed by atoms with Crippen LogP contribution in [-0.2, 0) is 0 Å². The fourth-order valence-electron chi connectivity index (χ4n) is 6.60. The molecule has 0 radical (unpaired) electrons. The van der Waals surface area contributed by atoms with Crippen LogP contribution in [0.3, 0.4) is 0 Å². The van der Waals surface area contributed by atoms with Crippen LogP contribution in [0.25, 0.3) is 0 Å². The Morgan fingerprint density at radius 3 is 2.23 bits per heavy atom. The van der Waals surface area contributed by atoms with E-state index in [0.29, 0.717) is 0 Å². The molecule has 3 atom stereocenters. The molecule has 1 aromatic carbocycles. The number of rotatable bonds is 4. The maximum absolute atomic E-state index is 2.53. The maximum atomic E-state index is 2.53. The van der Waals surface area contributed by atoms with Crippen molar-refractivity contribution in [2.24, 2.45) is 17.8 Å². The first-order valence-corrected chi connectivity index (χ1v) is 11.3. The summed E-state index contributed by atoms with van der Waals surface area (Å²) in [6, 6.07) is 12.2. The first-order chi connectivity index (χ1) is 12.8. The van der Waals surface area contributed by atoms with Gasteiger partial charge in [0.05, 0.1) is 12.6 Å². The van der Waals surface area contributed by atoms with E-state index in [-0.39, 0.29) is 0 Å². The average Bonchev–Trinajstić information content (AvgIpc) is 3.33. The highest BCUT2D eigenvalue weighted by Crippen LogP contribution is 2.42. The second kappa shape index (κ2) is 7.48. The van der Waals surface area contributed by atoms with Crippen molar-refractivity contribution in [2.75, 3.05) is 32.7 Å². The summed E-state index contributed by atoms with van der Waals surface area (Å²) in [4.78, 5) is 3.85. The van der Waals surface area contributed by atoms with Crippen molar-refractivity contribution in [1.29, 1.82) is 0 Å². The van der Waals surface area contributed by atoms with Gasteiger partial charge in [-0.1, -0.05) is 42.5 Å². The predicted molar refractivity (Wildman–Crippen MR) is 107 cm³/mol. The topological polar surface area (TPSA) is 8.88 Å². The molecule has 26 heavy (non-hydrogen) atoms. The standard InChI is InChI=1S/C24H34N2/c1-2-4-20(5-3-1)21-8-10-24(11-9-21)26-14-12-25(13-15-26)18-23-17-19-6-7-22(23)16-19/h1-7,19,21-24H,8-18H2/p+2/t19-,21?,22+,23-,24?/m1/s1. The Kier molecular flexibility index (Phi) is 4.89. The van der Waals surface area contributed by atoms with Gasteiger partial charge in [-0.05, 0) is 61.8 Å². The van der Waals surface area contributed by atoms with E-state index < -0.39 is 0 Å². The highest BCUT2D eigenvalue weighted by atomic mass is 15.3. The summed E-state index contributed by atoms with van der Waals surface area (Å²) < 4.78 is 0. The van der Waals surface area contributed by atoms with Crippen molar-refractivity contribution in [3.63, 3.8) is 0 Å². The third kappa shape index (κ3) is 3.51. The average molecular weight is 353 g/mol. The minimum Gasteiger partial charge on any atom is -0.325 e. The number of fused-ring (bicyclic) bond motifs is 2. The lowest BCUT2D eigenvalue weighted by molar-refractivity contribution is -1.03. The summed E-state index contributed by atoms with van der Waals surface area (Å²) in [7, 11) is 0. The Morgan fingerprint density at radius 2 is 1.58 bits per heavy atom. The second-order valence-electron chi connectivity index (χ2n) is 9.61. The van der Waals surface area contributed by atoms with E-state index in [1.54, 1.807) is 5.56 Å². The van der Waals surface area contributed by atoms with Crippen molar-refractivity contribution >= 4 is 0 Å². The fraction of sp³-hybridized carbons (Fsp3) is 0.667. The molecule has 1 aromatic rings. The Labute approximate surface area is 159 Å². The molecular weight excluding hydrogens is 316 g/mol. The van der Waals surface area contributed by atoms with E-state index in [4.69, 9.17) is 0 Å². The van der Waals surface area contributed by atoms with Crippen LogP contribution in [0.1, 0.15) is 50.0 Å². The van der Waals surface area contributed by atoms with Crippen LogP contribution in [-0.4, -0.2) is 38.8 Å². The lowest BCUT2D eigenvalue weighted by Gasteiger charge is -2.38.